The highest BCUT2D eigenvalue weighted by molar-refractivity contribution is 5.90. The van der Waals surface area contributed by atoms with Gasteiger partial charge in [-0.15, -0.1) is 0 Å². The first-order valence-corrected chi connectivity index (χ1v) is 9.49. The van der Waals surface area contributed by atoms with E-state index in [0.29, 0.717) is 12.8 Å². The van der Waals surface area contributed by atoms with Gasteiger partial charge >= 0.3 is 17.9 Å². The SMILES string of the molecule is O=C(O)CCC(NC(=O)CC(NC(=O)CCCc1ccc([N+](=O)[O-])cc1)C(=O)O)C(=O)O. The van der Waals surface area contributed by atoms with E-state index in [1.54, 1.807) is 12.1 Å². The van der Waals surface area contributed by atoms with Gasteiger partial charge in [0, 0.05) is 25.0 Å². The number of nitrogens with zero attached hydrogens (tertiary/aromatic N) is 1. The molecule has 0 bridgehead atoms. The Hall–Kier alpha value is -4.03. The van der Waals surface area contributed by atoms with Crippen molar-refractivity contribution >= 4 is 35.4 Å². The molecule has 32 heavy (non-hydrogen) atoms. The first kappa shape index (κ1) is 26.0. The zero-order valence-electron chi connectivity index (χ0n) is 16.9. The Labute approximate surface area is 181 Å². The van der Waals surface area contributed by atoms with E-state index in [2.05, 4.69) is 5.32 Å². The standard InChI is InChI=1S/C19H23N3O10/c23-15(3-1-2-11-4-6-12(7-5-11)22(31)32)21-14(19(29)30)10-16(24)20-13(18(27)28)8-9-17(25)26/h4-7,13-14H,1-3,8-10H2,(H,20,24)(H,21,23)(H,25,26)(H,27,28)(H,29,30). The van der Waals surface area contributed by atoms with Crippen LogP contribution in [0, 0.1) is 10.1 Å². The number of amides is 2. The predicted octanol–water partition coefficient (Wildman–Crippen LogP) is 0.311. The first-order chi connectivity index (χ1) is 15.0. The number of non-ortho nitro benzene ring substituents is 1. The van der Waals surface area contributed by atoms with E-state index in [1.165, 1.54) is 12.1 Å². The third-order valence-corrected chi connectivity index (χ3v) is 4.32. The van der Waals surface area contributed by atoms with Gasteiger partial charge in [0.05, 0.1) is 11.3 Å². The molecule has 1 aromatic carbocycles. The van der Waals surface area contributed by atoms with Gasteiger partial charge in [0.1, 0.15) is 12.1 Å². The van der Waals surface area contributed by atoms with Crippen LogP contribution in [0.1, 0.15) is 37.7 Å². The second-order valence-corrected chi connectivity index (χ2v) is 6.83. The molecule has 0 aliphatic rings. The van der Waals surface area contributed by atoms with E-state index < -0.39 is 59.6 Å². The monoisotopic (exact) mass is 453 g/mol. The molecule has 0 saturated carbocycles. The van der Waals surface area contributed by atoms with Gasteiger partial charge in [-0.05, 0) is 24.8 Å². The number of hydrogen-bond acceptors (Lipinski definition) is 7. The van der Waals surface area contributed by atoms with Crippen LogP contribution in [0.25, 0.3) is 0 Å². The van der Waals surface area contributed by atoms with Crippen molar-refractivity contribution < 1.29 is 44.2 Å². The van der Waals surface area contributed by atoms with Crippen molar-refractivity contribution in [1.29, 1.82) is 0 Å². The van der Waals surface area contributed by atoms with E-state index in [1.807, 2.05) is 5.32 Å². The van der Waals surface area contributed by atoms with Crippen LogP contribution in [0.4, 0.5) is 5.69 Å². The summed E-state index contributed by atoms with van der Waals surface area (Å²) in [5.74, 6) is -5.84. The lowest BCUT2D eigenvalue weighted by molar-refractivity contribution is -0.384. The van der Waals surface area contributed by atoms with Crippen LogP contribution in [0.15, 0.2) is 24.3 Å². The summed E-state index contributed by atoms with van der Waals surface area (Å²) in [5.41, 5.74) is 0.681. The topological polar surface area (TPSA) is 213 Å². The van der Waals surface area contributed by atoms with Crippen LogP contribution in [0.2, 0.25) is 0 Å². The van der Waals surface area contributed by atoms with Crippen LogP contribution in [-0.2, 0) is 30.4 Å². The Morgan fingerprint density at radius 2 is 1.44 bits per heavy atom. The van der Waals surface area contributed by atoms with E-state index in [4.69, 9.17) is 10.2 Å². The summed E-state index contributed by atoms with van der Waals surface area (Å²) in [6, 6.07) is 2.64. The Morgan fingerprint density at radius 3 is 1.94 bits per heavy atom. The van der Waals surface area contributed by atoms with Crippen molar-refractivity contribution in [3.63, 3.8) is 0 Å². The number of nitro benzene ring substituents is 1. The lowest BCUT2D eigenvalue weighted by Crippen LogP contribution is -2.47. The number of rotatable bonds is 14. The van der Waals surface area contributed by atoms with Crippen molar-refractivity contribution in [2.24, 2.45) is 0 Å². The lowest BCUT2D eigenvalue weighted by Gasteiger charge is -2.17. The van der Waals surface area contributed by atoms with E-state index in [9.17, 15) is 39.2 Å². The molecule has 174 valence electrons. The number of benzene rings is 1. The van der Waals surface area contributed by atoms with Crippen LogP contribution in [0.5, 0.6) is 0 Å². The second kappa shape index (κ2) is 12.6. The van der Waals surface area contributed by atoms with Crippen LogP contribution in [-0.4, -0.2) is 62.0 Å². The summed E-state index contributed by atoms with van der Waals surface area (Å²) < 4.78 is 0. The summed E-state index contributed by atoms with van der Waals surface area (Å²) in [6.45, 7) is 0. The molecule has 2 amide bonds. The highest BCUT2D eigenvalue weighted by Crippen LogP contribution is 2.13. The Balaban J connectivity index is 2.53. The minimum atomic E-state index is -1.60. The third kappa shape index (κ3) is 9.65. The number of aryl methyl sites for hydroxylation is 1. The molecule has 0 fully saturated rings. The molecule has 13 nitrogen and oxygen atoms in total. The highest BCUT2D eigenvalue weighted by Gasteiger charge is 2.26. The summed E-state index contributed by atoms with van der Waals surface area (Å²) in [7, 11) is 0. The third-order valence-electron chi connectivity index (χ3n) is 4.32. The first-order valence-electron chi connectivity index (χ1n) is 9.49. The van der Waals surface area contributed by atoms with Crippen molar-refractivity contribution in [2.75, 3.05) is 0 Å². The molecule has 0 aliphatic carbocycles. The van der Waals surface area contributed by atoms with Gasteiger partial charge in [0.15, 0.2) is 0 Å². The molecule has 1 rings (SSSR count). The number of nitro groups is 1. The van der Waals surface area contributed by atoms with Gasteiger partial charge in [-0.1, -0.05) is 12.1 Å². The summed E-state index contributed by atoms with van der Waals surface area (Å²) in [4.78, 5) is 67.1. The highest BCUT2D eigenvalue weighted by atomic mass is 16.6. The molecule has 0 heterocycles. The molecule has 2 unspecified atom stereocenters. The quantitative estimate of drug-likeness (QED) is 0.192. The zero-order chi connectivity index (χ0) is 24.3. The van der Waals surface area contributed by atoms with E-state index in [0.717, 1.165) is 5.56 Å². The second-order valence-electron chi connectivity index (χ2n) is 6.83. The van der Waals surface area contributed by atoms with Gasteiger partial charge in [-0.3, -0.25) is 24.5 Å². The maximum Gasteiger partial charge on any atom is 0.326 e. The fourth-order valence-corrected chi connectivity index (χ4v) is 2.67. The Kier molecular flexibility index (Phi) is 10.3. The summed E-state index contributed by atoms with van der Waals surface area (Å²) in [5, 5.41) is 41.7. The molecule has 0 aliphatic heterocycles. The fraction of sp³-hybridized carbons (Fsp3) is 0.421. The molecule has 0 saturated heterocycles. The number of carbonyl (C=O) groups excluding carboxylic acids is 2. The molecule has 0 aromatic heterocycles. The average Bonchev–Trinajstić information content (AvgIpc) is 2.70. The van der Waals surface area contributed by atoms with Crippen molar-refractivity contribution in [3.8, 4) is 0 Å². The smallest absolute Gasteiger partial charge is 0.326 e. The fourth-order valence-electron chi connectivity index (χ4n) is 2.67. The van der Waals surface area contributed by atoms with E-state index in [-0.39, 0.29) is 18.5 Å². The van der Waals surface area contributed by atoms with E-state index >= 15 is 0 Å². The predicted molar refractivity (Wildman–Crippen MR) is 107 cm³/mol. The maximum atomic E-state index is 12.0. The van der Waals surface area contributed by atoms with Crippen molar-refractivity contribution in [2.45, 2.75) is 50.6 Å². The van der Waals surface area contributed by atoms with Gasteiger partial charge in [-0.2, -0.15) is 0 Å². The number of hydrogen-bond donors (Lipinski definition) is 5. The summed E-state index contributed by atoms with van der Waals surface area (Å²) in [6.07, 6.45) is -0.973. The van der Waals surface area contributed by atoms with Gasteiger partial charge in [0.2, 0.25) is 11.8 Å². The number of carboxylic acid groups (broad SMARTS) is 3. The summed E-state index contributed by atoms with van der Waals surface area (Å²) >= 11 is 0. The van der Waals surface area contributed by atoms with Gasteiger partial charge < -0.3 is 26.0 Å². The minimum absolute atomic E-state index is 0.0674. The molecular weight excluding hydrogens is 430 g/mol. The Bertz CT molecular complexity index is 869. The number of aliphatic carboxylic acids is 3. The number of nitrogens with one attached hydrogen (secondary N) is 2. The van der Waals surface area contributed by atoms with Crippen molar-refractivity contribution in [1.82, 2.24) is 10.6 Å². The minimum Gasteiger partial charge on any atom is -0.481 e. The van der Waals surface area contributed by atoms with Gasteiger partial charge in [0.25, 0.3) is 5.69 Å². The lowest BCUT2D eigenvalue weighted by atomic mass is 10.1. The maximum absolute atomic E-state index is 12.0. The van der Waals surface area contributed by atoms with Crippen molar-refractivity contribution in [3.05, 3.63) is 39.9 Å². The van der Waals surface area contributed by atoms with Crippen LogP contribution < -0.4 is 10.6 Å². The van der Waals surface area contributed by atoms with Gasteiger partial charge in [-0.25, -0.2) is 9.59 Å². The van der Waals surface area contributed by atoms with Crippen LogP contribution >= 0.6 is 0 Å². The molecule has 2 atom stereocenters. The average molecular weight is 453 g/mol. The van der Waals surface area contributed by atoms with Crippen LogP contribution in [0.3, 0.4) is 0 Å². The zero-order valence-corrected chi connectivity index (χ0v) is 16.9. The normalized spacial score (nSPS) is 12.2. The number of carbonyl (C=O) groups is 5. The molecule has 13 heteroatoms. The molecule has 0 radical (unpaired) electrons. The molecule has 0 spiro atoms. The molecule has 1 aromatic rings. The number of carboxylic acids is 3. The Morgan fingerprint density at radius 1 is 0.875 bits per heavy atom. The molecular formula is C19H23N3O10. The molecule has 5 N–H and O–H groups in total. The largest absolute Gasteiger partial charge is 0.481 e.